The highest BCUT2D eigenvalue weighted by Crippen LogP contribution is 2.10. The summed E-state index contributed by atoms with van der Waals surface area (Å²) in [7, 11) is 3.77. The van der Waals surface area contributed by atoms with E-state index in [4.69, 9.17) is 0 Å². The van der Waals surface area contributed by atoms with Gasteiger partial charge in [-0.3, -0.25) is 4.68 Å². The van der Waals surface area contributed by atoms with Crippen LogP contribution in [-0.4, -0.2) is 33.3 Å². The van der Waals surface area contributed by atoms with E-state index in [1.807, 2.05) is 44.0 Å². The van der Waals surface area contributed by atoms with Crippen LogP contribution in [-0.2, 0) is 13.5 Å². The standard InChI is InChI=1S/C12H18N6/c1-9-15-11(13-2)8-12(16-9)14-6-4-10-5-7-18(3)17-10/h5,7-8H,4,6H2,1-3H3,(H2,13,14,15,16). The fraction of sp³-hybridized carbons (Fsp3) is 0.417. The molecule has 2 heterocycles. The summed E-state index contributed by atoms with van der Waals surface area (Å²) in [6.07, 6.45) is 2.82. The van der Waals surface area contributed by atoms with E-state index in [9.17, 15) is 0 Å². The highest BCUT2D eigenvalue weighted by Gasteiger charge is 2.01. The van der Waals surface area contributed by atoms with Crippen molar-refractivity contribution in [3.8, 4) is 0 Å². The summed E-state index contributed by atoms with van der Waals surface area (Å²) < 4.78 is 1.81. The maximum absolute atomic E-state index is 4.33. The fourth-order valence-electron chi connectivity index (χ4n) is 1.70. The summed E-state index contributed by atoms with van der Waals surface area (Å²) in [6, 6.07) is 3.91. The Bertz CT molecular complexity index is 519. The number of anilines is 2. The Labute approximate surface area is 106 Å². The Hall–Kier alpha value is -2.11. The molecule has 18 heavy (non-hydrogen) atoms. The monoisotopic (exact) mass is 246 g/mol. The molecule has 6 nitrogen and oxygen atoms in total. The van der Waals surface area contributed by atoms with Crippen LogP contribution in [0.25, 0.3) is 0 Å². The lowest BCUT2D eigenvalue weighted by atomic mass is 10.3. The average Bonchev–Trinajstić information content (AvgIpc) is 2.74. The van der Waals surface area contributed by atoms with Crippen LogP contribution in [0.3, 0.4) is 0 Å². The van der Waals surface area contributed by atoms with E-state index in [1.165, 1.54) is 0 Å². The highest BCUT2D eigenvalue weighted by molar-refractivity contribution is 5.47. The lowest BCUT2D eigenvalue weighted by molar-refractivity contribution is 0.742. The third-order valence-corrected chi connectivity index (χ3v) is 2.55. The van der Waals surface area contributed by atoms with Gasteiger partial charge in [-0.15, -0.1) is 0 Å². The number of hydrogen-bond donors (Lipinski definition) is 2. The van der Waals surface area contributed by atoms with Gasteiger partial charge < -0.3 is 10.6 Å². The molecule has 2 N–H and O–H groups in total. The molecule has 2 aromatic heterocycles. The zero-order chi connectivity index (χ0) is 13.0. The zero-order valence-corrected chi connectivity index (χ0v) is 10.9. The van der Waals surface area contributed by atoms with Crippen molar-refractivity contribution in [3.05, 3.63) is 29.8 Å². The lowest BCUT2D eigenvalue weighted by Crippen LogP contribution is -2.09. The Balaban J connectivity index is 1.91. The molecule has 0 fully saturated rings. The molecule has 0 bridgehead atoms. The molecular weight excluding hydrogens is 228 g/mol. The van der Waals surface area contributed by atoms with Gasteiger partial charge in [0.15, 0.2) is 0 Å². The van der Waals surface area contributed by atoms with Gasteiger partial charge in [0.05, 0.1) is 5.69 Å². The van der Waals surface area contributed by atoms with Gasteiger partial charge in [0, 0.05) is 39.3 Å². The van der Waals surface area contributed by atoms with E-state index in [-0.39, 0.29) is 0 Å². The minimum atomic E-state index is 0.752. The molecule has 0 spiro atoms. The Morgan fingerprint density at radius 3 is 2.72 bits per heavy atom. The minimum absolute atomic E-state index is 0.752. The van der Waals surface area contributed by atoms with Crippen LogP contribution in [0.2, 0.25) is 0 Å². The second-order valence-corrected chi connectivity index (χ2v) is 4.09. The molecule has 0 aliphatic carbocycles. The first kappa shape index (κ1) is 12.3. The van der Waals surface area contributed by atoms with Gasteiger partial charge in [-0.25, -0.2) is 9.97 Å². The van der Waals surface area contributed by atoms with E-state index >= 15 is 0 Å². The predicted molar refractivity (Wildman–Crippen MR) is 71.7 cm³/mol. The summed E-state index contributed by atoms with van der Waals surface area (Å²) >= 11 is 0. The second kappa shape index (κ2) is 5.48. The van der Waals surface area contributed by atoms with Gasteiger partial charge in [0.1, 0.15) is 17.5 Å². The number of aromatic nitrogens is 4. The Morgan fingerprint density at radius 2 is 2.06 bits per heavy atom. The van der Waals surface area contributed by atoms with Crippen LogP contribution in [0, 0.1) is 6.92 Å². The maximum atomic E-state index is 4.33. The summed E-state index contributed by atoms with van der Waals surface area (Å²) in [5, 5.41) is 10.6. The first-order chi connectivity index (χ1) is 8.67. The molecule has 0 unspecified atom stereocenters. The van der Waals surface area contributed by atoms with Gasteiger partial charge in [0.2, 0.25) is 0 Å². The molecule has 0 saturated carbocycles. The van der Waals surface area contributed by atoms with Gasteiger partial charge in [-0.2, -0.15) is 5.10 Å². The maximum Gasteiger partial charge on any atom is 0.131 e. The van der Waals surface area contributed by atoms with Crippen molar-refractivity contribution in [2.75, 3.05) is 24.2 Å². The predicted octanol–water partition coefficient (Wildman–Crippen LogP) is 1.21. The van der Waals surface area contributed by atoms with Crippen molar-refractivity contribution in [1.82, 2.24) is 19.7 Å². The van der Waals surface area contributed by atoms with Gasteiger partial charge in [-0.1, -0.05) is 0 Å². The number of aryl methyl sites for hydroxylation is 2. The minimum Gasteiger partial charge on any atom is -0.373 e. The Morgan fingerprint density at radius 1 is 1.28 bits per heavy atom. The Kier molecular flexibility index (Phi) is 3.76. The third kappa shape index (κ3) is 3.19. The fourth-order valence-corrected chi connectivity index (χ4v) is 1.70. The number of nitrogens with one attached hydrogen (secondary N) is 2. The topological polar surface area (TPSA) is 67.7 Å². The molecular formula is C12H18N6. The molecule has 0 amide bonds. The lowest BCUT2D eigenvalue weighted by Gasteiger charge is -2.07. The van der Waals surface area contributed by atoms with Gasteiger partial charge in [0.25, 0.3) is 0 Å². The molecule has 2 rings (SSSR count). The van der Waals surface area contributed by atoms with Crippen molar-refractivity contribution in [2.45, 2.75) is 13.3 Å². The number of nitrogens with zero attached hydrogens (tertiary/aromatic N) is 4. The normalized spacial score (nSPS) is 10.4. The molecule has 6 heteroatoms. The van der Waals surface area contributed by atoms with Gasteiger partial charge in [-0.05, 0) is 13.0 Å². The van der Waals surface area contributed by atoms with E-state index in [2.05, 4.69) is 25.7 Å². The van der Waals surface area contributed by atoms with Gasteiger partial charge >= 0.3 is 0 Å². The molecule has 0 aliphatic rings. The third-order valence-electron chi connectivity index (χ3n) is 2.55. The smallest absolute Gasteiger partial charge is 0.131 e. The summed E-state index contributed by atoms with van der Waals surface area (Å²) in [5.41, 5.74) is 1.07. The number of rotatable bonds is 5. The van der Waals surface area contributed by atoms with Crippen LogP contribution in [0.15, 0.2) is 18.3 Å². The van der Waals surface area contributed by atoms with Crippen LogP contribution in [0.1, 0.15) is 11.5 Å². The van der Waals surface area contributed by atoms with E-state index < -0.39 is 0 Å². The number of hydrogen-bond acceptors (Lipinski definition) is 5. The molecule has 0 atom stereocenters. The first-order valence-corrected chi connectivity index (χ1v) is 5.93. The van der Waals surface area contributed by atoms with Crippen molar-refractivity contribution in [2.24, 2.45) is 7.05 Å². The summed E-state index contributed by atoms with van der Waals surface area (Å²) in [4.78, 5) is 8.57. The van der Waals surface area contributed by atoms with Crippen molar-refractivity contribution >= 4 is 11.6 Å². The van der Waals surface area contributed by atoms with Crippen LogP contribution < -0.4 is 10.6 Å². The molecule has 2 aromatic rings. The quantitative estimate of drug-likeness (QED) is 0.830. The zero-order valence-electron chi connectivity index (χ0n) is 10.9. The van der Waals surface area contributed by atoms with Crippen molar-refractivity contribution in [1.29, 1.82) is 0 Å². The molecule has 96 valence electrons. The molecule has 0 radical (unpaired) electrons. The first-order valence-electron chi connectivity index (χ1n) is 5.93. The highest BCUT2D eigenvalue weighted by atomic mass is 15.2. The molecule has 0 aromatic carbocycles. The summed E-state index contributed by atoms with van der Waals surface area (Å²) in [6.45, 7) is 2.68. The van der Waals surface area contributed by atoms with Crippen LogP contribution >= 0.6 is 0 Å². The largest absolute Gasteiger partial charge is 0.373 e. The van der Waals surface area contributed by atoms with Crippen molar-refractivity contribution in [3.63, 3.8) is 0 Å². The van der Waals surface area contributed by atoms with E-state index in [0.29, 0.717) is 0 Å². The van der Waals surface area contributed by atoms with Crippen LogP contribution in [0.5, 0.6) is 0 Å². The van der Waals surface area contributed by atoms with Crippen molar-refractivity contribution < 1.29 is 0 Å². The molecule has 0 aliphatic heterocycles. The van der Waals surface area contributed by atoms with E-state index in [1.54, 1.807) is 0 Å². The molecule has 0 saturated heterocycles. The van der Waals surface area contributed by atoms with E-state index in [0.717, 1.165) is 36.1 Å². The second-order valence-electron chi connectivity index (χ2n) is 4.09. The summed E-state index contributed by atoms with van der Waals surface area (Å²) in [5.74, 6) is 2.41. The average molecular weight is 246 g/mol. The van der Waals surface area contributed by atoms with Crippen LogP contribution in [0.4, 0.5) is 11.6 Å². The SMILES string of the molecule is CNc1cc(NCCc2ccn(C)n2)nc(C)n1.